The van der Waals surface area contributed by atoms with Crippen LogP contribution in [0.1, 0.15) is 13.3 Å². The third-order valence-electron chi connectivity index (χ3n) is 1.57. The Morgan fingerprint density at radius 3 is 1.75 bits per heavy atom. The van der Waals surface area contributed by atoms with Crippen molar-refractivity contribution in [3.8, 4) is 0 Å². The number of hydrogen-bond donors (Lipinski definition) is 0. The summed E-state index contributed by atoms with van der Waals surface area (Å²) in [5.74, 6) is -6.50. The van der Waals surface area contributed by atoms with Gasteiger partial charge in [-0.05, 0) is 6.42 Å². The smallest absolute Gasteiger partial charge is 0.196 e. The Kier molecular flexibility index (Phi) is 3.24. The van der Waals surface area contributed by atoms with Gasteiger partial charge in [0.1, 0.15) is 0 Å². The molecule has 0 N–H and O–H groups in total. The zero-order valence-electron chi connectivity index (χ0n) is 6.46. The molecule has 0 aromatic heterocycles. The zero-order chi connectivity index (χ0) is 9.99. The van der Waals surface area contributed by atoms with Crippen LogP contribution in [0.5, 0.6) is 0 Å². The summed E-state index contributed by atoms with van der Waals surface area (Å²) >= 11 is 0. The molecule has 0 fully saturated rings. The van der Waals surface area contributed by atoms with Crippen LogP contribution in [0, 0.1) is 5.92 Å². The largest absolute Gasteiger partial charge is 0.453 e. The first-order valence-electron chi connectivity index (χ1n) is 3.34. The molecular weight excluding hydrogens is 179 g/mol. The van der Waals surface area contributed by atoms with Crippen molar-refractivity contribution in [3.05, 3.63) is 12.7 Å². The first kappa shape index (κ1) is 11.4. The van der Waals surface area contributed by atoms with Crippen LogP contribution in [0.2, 0.25) is 0 Å². The van der Waals surface area contributed by atoms with Crippen molar-refractivity contribution in [1.82, 2.24) is 0 Å². The molecule has 0 aliphatic carbocycles. The Balaban J connectivity index is 4.69. The number of halogens is 5. The van der Waals surface area contributed by atoms with Crippen LogP contribution in [0.25, 0.3) is 0 Å². The highest BCUT2D eigenvalue weighted by Gasteiger charge is 2.60. The number of rotatable bonds is 3. The molecule has 0 aliphatic heterocycles. The maximum Gasteiger partial charge on any atom is 0.453 e. The van der Waals surface area contributed by atoms with Crippen molar-refractivity contribution in [3.63, 3.8) is 0 Å². The summed E-state index contributed by atoms with van der Waals surface area (Å²) in [5, 5.41) is 0. The van der Waals surface area contributed by atoms with Crippen LogP contribution in [0.4, 0.5) is 22.0 Å². The fourth-order valence-electron chi connectivity index (χ4n) is 0.781. The average molecular weight is 188 g/mol. The monoisotopic (exact) mass is 188 g/mol. The van der Waals surface area contributed by atoms with Crippen molar-refractivity contribution in [2.45, 2.75) is 25.4 Å². The Morgan fingerprint density at radius 2 is 1.67 bits per heavy atom. The summed E-state index contributed by atoms with van der Waals surface area (Å²) < 4.78 is 59.8. The molecule has 0 spiro atoms. The minimum absolute atomic E-state index is 0.282. The Bertz CT molecular complexity index is 158. The lowest BCUT2D eigenvalue weighted by Crippen LogP contribution is -2.42. The Hall–Kier alpha value is -0.610. The van der Waals surface area contributed by atoms with Gasteiger partial charge in [0.25, 0.3) is 0 Å². The highest BCUT2D eigenvalue weighted by molar-refractivity contribution is 4.93. The molecule has 0 aromatic carbocycles. The number of alkyl halides is 5. The number of allylic oxidation sites excluding steroid dienone is 1. The van der Waals surface area contributed by atoms with Gasteiger partial charge in [-0.3, -0.25) is 0 Å². The topological polar surface area (TPSA) is 0 Å². The van der Waals surface area contributed by atoms with Gasteiger partial charge in [-0.2, -0.15) is 22.0 Å². The van der Waals surface area contributed by atoms with Gasteiger partial charge in [0, 0.05) is 5.92 Å². The lowest BCUT2D eigenvalue weighted by molar-refractivity contribution is -0.296. The molecular formula is C7H9F5. The van der Waals surface area contributed by atoms with E-state index in [0.29, 0.717) is 6.08 Å². The van der Waals surface area contributed by atoms with Crippen molar-refractivity contribution in [2.75, 3.05) is 0 Å². The summed E-state index contributed by atoms with van der Waals surface area (Å²) in [6, 6.07) is 0. The van der Waals surface area contributed by atoms with Crippen LogP contribution >= 0.6 is 0 Å². The third kappa shape index (κ3) is 1.95. The van der Waals surface area contributed by atoms with Crippen molar-refractivity contribution in [2.24, 2.45) is 5.92 Å². The molecule has 0 rings (SSSR count). The van der Waals surface area contributed by atoms with Crippen LogP contribution in [-0.2, 0) is 0 Å². The highest BCUT2D eigenvalue weighted by atomic mass is 19.4. The van der Waals surface area contributed by atoms with Gasteiger partial charge in [-0.25, -0.2) is 0 Å². The molecule has 0 heterocycles. The maximum absolute atomic E-state index is 12.4. The van der Waals surface area contributed by atoms with Crippen LogP contribution in [0.3, 0.4) is 0 Å². The molecule has 72 valence electrons. The number of hydrogen-bond acceptors (Lipinski definition) is 0. The summed E-state index contributed by atoms with van der Waals surface area (Å²) in [7, 11) is 0. The second kappa shape index (κ2) is 3.41. The minimum Gasteiger partial charge on any atom is -0.196 e. The maximum atomic E-state index is 12.4. The van der Waals surface area contributed by atoms with Gasteiger partial charge in [0.05, 0.1) is 0 Å². The molecule has 1 atom stereocenters. The van der Waals surface area contributed by atoms with Gasteiger partial charge in [0.2, 0.25) is 0 Å². The van der Waals surface area contributed by atoms with E-state index in [1.165, 1.54) is 6.92 Å². The van der Waals surface area contributed by atoms with Crippen molar-refractivity contribution in [1.29, 1.82) is 0 Å². The standard InChI is InChI=1S/C7H9F5/c1-3-5(4-2)6(8,9)7(10,11)12/h3,5H,1,4H2,2H3. The van der Waals surface area contributed by atoms with Gasteiger partial charge < -0.3 is 0 Å². The molecule has 0 nitrogen and oxygen atoms in total. The van der Waals surface area contributed by atoms with E-state index in [1.807, 2.05) is 0 Å². The molecule has 0 bridgehead atoms. The lowest BCUT2D eigenvalue weighted by atomic mass is 9.98. The van der Waals surface area contributed by atoms with Crippen molar-refractivity contribution >= 4 is 0 Å². The van der Waals surface area contributed by atoms with E-state index in [-0.39, 0.29) is 6.42 Å². The molecule has 5 heteroatoms. The molecule has 1 unspecified atom stereocenters. The first-order valence-corrected chi connectivity index (χ1v) is 3.34. The van der Waals surface area contributed by atoms with E-state index >= 15 is 0 Å². The molecule has 0 aromatic rings. The van der Waals surface area contributed by atoms with E-state index in [9.17, 15) is 22.0 Å². The third-order valence-corrected chi connectivity index (χ3v) is 1.57. The molecule has 0 aliphatic rings. The summed E-state index contributed by atoms with van der Waals surface area (Å²) in [6.07, 6.45) is -5.13. The predicted molar refractivity (Wildman–Crippen MR) is 35.0 cm³/mol. The Morgan fingerprint density at radius 1 is 1.25 bits per heavy atom. The van der Waals surface area contributed by atoms with E-state index in [4.69, 9.17) is 0 Å². The highest BCUT2D eigenvalue weighted by Crippen LogP contribution is 2.42. The van der Waals surface area contributed by atoms with E-state index in [0.717, 1.165) is 0 Å². The molecule has 0 saturated heterocycles. The van der Waals surface area contributed by atoms with Gasteiger partial charge in [-0.1, -0.05) is 13.0 Å². The summed E-state index contributed by atoms with van der Waals surface area (Å²) in [5.41, 5.74) is 0. The minimum atomic E-state index is -5.48. The van der Waals surface area contributed by atoms with Crippen LogP contribution in [-0.4, -0.2) is 12.1 Å². The lowest BCUT2D eigenvalue weighted by Gasteiger charge is -2.25. The fraction of sp³-hybridized carbons (Fsp3) is 0.714. The molecule has 12 heavy (non-hydrogen) atoms. The molecule has 0 radical (unpaired) electrons. The second-order valence-corrected chi connectivity index (χ2v) is 2.37. The van der Waals surface area contributed by atoms with E-state index in [1.54, 1.807) is 0 Å². The van der Waals surface area contributed by atoms with Crippen LogP contribution < -0.4 is 0 Å². The quantitative estimate of drug-likeness (QED) is 0.470. The summed E-state index contributed by atoms with van der Waals surface area (Å²) in [6.45, 7) is 4.19. The van der Waals surface area contributed by atoms with Crippen molar-refractivity contribution < 1.29 is 22.0 Å². The average Bonchev–Trinajstić information content (AvgIpc) is 1.87. The fourth-order valence-corrected chi connectivity index (χ4v) is 0.781. The normalized spacial score (nSPS) is 15.8. The SMILES string of the molecule is C=CC(CC)C(F)(F)C(F)(F)F. The Labute approximate surface area is 67.1 Å². The summed E-state index contributed by atoms with van der Waals surface area (Å²) in [4.78, 5) is 0. The van der Waals surface area contributed by atoms with Gasteiger partial charge >= 0.3 is 12.1 Å². The van der Waals surface area contributed by atoms with E-state index in [2.05, 4.69) is 6.58 Å². The molecule has 0 amide bonds. The first-order chi connectivity index (χ1) is 5.27. The molecule has 0 saturated carbocycles. The second-order valence-electron chi connectivity index (χ2n) is 2.37. The van der Waals surface area contributed by atoms with E-state index < -0.39 is 18.0 Å². The zero-order valence-corrected chi connectivity index (χ0v) is 6.46. The predicted octanol–water partition coefficient (Wildman–Crippen LogP) is 3.40. The van der Waals surface area contributed by atoms with Gasteiger partial charge in [0.15, 0.2) is 0 Å². The van der Waals surface area contributed by atoms with Gasteiger partial charge in [-0.15, -0.1) is 6.58 Å². The van der Waals surface area contributed by atoms with Crippen LogP contribution in [0.15, 0.2) is 12.7 Å².